The van der Waals surface area contributed by atoms with Crippen molar-refractivity contribution in [3.8, 4) is 0 Å². The van der Waals surface area contributed by atoms with Gasteiger partial charge in [0.1, 0.15) is 11.9 Å². The normalized spacial score (nSPS) is 23.6. The van der Waals surface area contributed by atoms with E-state index >= 15 is 4.39 Å². The summed E-state index contributed by atoms with van der Waals surface area (Å²) in [5, 5.41) is 5.27. The van der Waals surface area contributed by atoms with Gasteiger partial charge in [0.2, 0.25) is 5.91 Å². The summed E-state index contributed by atoms with van der Waals surface area (Å²) in [6.07, 6.45) is -0.226. The van der Waals surface area contributed by atoms with E-state index in [2.05, 4.69) is 15.0 Å². The molecule has 0 spiro atoms. The lowest BCUT2D eigenvalue weighted by Crippen LogP contribution is -2.33. The van der Waals surface area contributed by atoms with Crippen LogP contribution in [0.1, 0.15) is 36.8 Å². The van der Waals surface area contributed by atoms with E-state index in [1.807, 2.05) is 30.3 Å². The quantitative estimate of drug-likeness (QED) is 0.609. The minimum Gasteiger partial charge on any atom is -0.442 e. The number of cyclic esters (lactones) is 1. The fraction of sp³-hybridized carbons (Fsp3) is 0.400. The van der Waals surface area contributed by atoms with Crippen LogP contribution in [0.25, 0.3) is 0 Å². The summed E-state index contributed by atoms with van der Waals surface area (Å²) in [5.74, 6) is -0.422. The second-order valence-electron chi connectivity index (χ2n) is 8.95. The Hall–Kier alpha value is -3.47. The van der Waals surface area contributed by atoms with Gasteiger partial charge in [0.25, 0.3) is 0 Å². The maximum absolute atomic E-state index is 15.0. The maximum atomic E-state index is 15.0. The lowest BCUT2D eigenvalue weighted by atomic mass is 9.93. The molecule has 2 fully saturated rings. The highest BCUT2D eigenvalue weighted by molar-refractivity contribution is 7.93. The topological polar surface area (TPSA) is 117 Å². The van der Waals surface area contributed by atoms with Gasteiger partial charge >= 0.3 is 12.1 Å². The van der Waals surface area contributed by atoms with E-state index in [4.69, 9.17) is 4.74 Å². The van der Waals surface area contributed by atoms with Gasteiger partial charge in [0, 0.05) is 25.0 Å². The van der Waals surface area contributed by atoms with Gasteiger partial charge in [-0.1, -0.05) is 36.4 Å². The average Bonchev–Trinajstić information content (AvgIpc) is 3.23. The number of anilines is 1. The van der Waals surface area contributed by atoms with Crippen molar-refractivity contribution in [3.05, 3.63) is 65.5 Å². The molecule has 0 aliphatic carbocycles. The first-order chi connectivity index (χ1) is 17.2. The molecule has 0 unspecified atom stereocenters. The highest BCUT2D eigenvalue weighted by atomic mass is 32.2. The van der Waals surface area contributed by atoms with Gasteiger partial charge in [-0.05, 0) is 42.0 Å². The molecule has 4 rings (SSSR count). The SMILES string of the molecule is CC(=O)NC[C@H]1CN(c2ccc(C3CCS(=O)(=NC(=O)NCc4ccccc4)CC3)c(F)c2)C(=O)O1. The lowest BCUT2D eigenvalue weighted by molar-refractivity contribution is -0.119. The third kappa shape index (κ3) is 6.39. The Morgan fingerprint density at radius 2 is 1.86 bits per heavy atom. The van der Waals surface area contributed by atoms with Crippen molar-refractivity contribution in [1.82, 2.24) is 10.6 Å². The number of amides is 4. The zero-order valence-electron chi connectivity index (χ0n) is 19.9. The summed E-state index contributed by atoms with van der Waals surface area (Å²) in [6, 6.07) is 13.4. The molecule has 192 valence electrons. The van der Waals surface area contributed by atoms with Gasteiger partial charge < -0.3 is 15.4 Å². The molecule has 36 heavy (non-hydrogen) atoms. The molecule has 11 heteroatoms. The van der Waals surface area contributed by atoms with Crippen LogP contribution < -0.4 is 15.5 Å². The molecule has 1 atom stereocenters. The summed E-state index contributed by atoms with van der Waals surface area (Å²) >= 11 is 0. The first-order valence-electron chi connectivity index (χ1n) is 11.8. The highest BCUT2D eigenvalue weighted by Crippen LogP contribution is 2.34. The van der Waals surface area contributed by atoms with Crippen LogP contribution in [-0.2, 0) is 25.8 Å². The van der Waals surface area contributed by atoms with E-state index in [0.29, 0.717) is 30.6 Å². The van der Waals surface area contributed by atoms with Gasteiger partial charge in [0.15, 0.2) is 0 Å². The minimum absolute atomic E-state index is 0.158. The van der Waals surface area contributed by atoms with Crippen LogP contribution in [0.2, 0.25) is 0 Å². The number of halogens is 1. The lowest BCUT2D eigenvalue weighted by Gasteiger charge is -2.25. The molecule has 0 aromatic heterocycles. The van der Waals surface area contributed by atoms with Gasteiger partial charge in [-0.15, -0.1) is 4.36 Å². The van der Waals surface area contributed by atoms with Crippen LogP contribution in [0.5, 0.6) is 0 Å². The van der Waals surface area contributed by atoms with Crippen LogP contribution in [0.15, 0.2) is 52.9 Å². The second kappa shape index (κ2) is 11.1. The molecule has 0 saturated carbocycles. The molecule has 2 aliphatic rings. The first-order valence-corrected chi connectivity index (χ1v) is 13.6. The summed E-state index contributed by atoms with van der Waals surface area (Å²) in [4.78, 5) is 36.8. The van der Waals surface area contributed by atoms with E-state index in [-0.39, 0.29) is 36.4 Å². The standard InChI is InChI=1S/C25H29FN4O5S/c1-17(31)27-15-21-16-30(25(33)35-21)20-7-8-22(23(26)13-20)19-9-11-36(34,12-10-19)29-24(32)28-14-18-5-3-2-4-6-18/h2-8,13,19,21H,9-12,14-16H2,1H3,(H,27,31)(H,28,32)/t19?,21-,36?/m0/s1. The molecule has 9 nitrogen and oxygen atoms in total. The van der Waals surface area contributed by atoms with Crippen molar-refractivity contribution >= 4 is 33.4 Å². The van der Waals surface area contributed by atoms with Crippen molar-refractivity contribution in [2.75, 3.05) is 29.5 Å². The molecule has 0 radical (unpaired) electrons. The number of carbonyl (C=O) groups is 3. The zero-order chi connectivity index (χ0) is 25.7. The Balaban J connectivity index is 1.34. The minimum atomic E-state index is -2.70. The number of rotatable bonds is 6. The molecule has 4 amide bonds. The third-order valence-corrected chi connectivity index (χ3v) is 8.54. The smallest absolute Gasteiger partial charge is 0.414 e. The monoisotopic (exact) mass is 516 g/mol. The van der Waals surface area contributed by atoms with Crippen LogP contribution in [-0.4, -0.2) is 52.9 Å². The number of carbonyl (C=O) groups excluding carboxylic acids is 3. The van der Waals surface area contributed by atoms with E-state index in [9.17, 15) is 18.6 Å². The van der Waals surface area contributed by atoms with Crippen LogP contribution in [0.4, 0.5) is 19.7 Å². The van der Waals surface area contributed by atoms with Crippen molar-refractivity contribution in [3.63, 3.8) is 0 Å². The largest absolute Gasteiger partial charge is 0.442 e. The molecule has 2 aliphatic heterocycles. The average molecular weight is 517 g/mol. The van der Waals surface area contributed by atoms with Crippen molar-refractivity contribution in [2.24, 2.45) is 4.36 Å². The summed E-state index contributed by atoms with van der Waals surface area (Å²) < 4.78 is 37.3. The molecule has 2 aromatic rings. The molecule has 2 saturated heterocycles. The van der Waals surface area contributed by atoms with E-state index in [1.54, 1.807) is 12.1 Å². The fourth-order valence-corrected chi connectivity index (χ4v) is 6.43. The van der Waals surface area contributed by atoms with Crippen LogP contribution in [0.3, 0.4) is 0 Å². The predicted molar refractivity (Wildman–Crippen MR) is 134 cm³/mol. The van der Waals surface area contributed by atoms with E-state index in [1.165, 1.54) is 17.9 Å². The number of nitrogens with one attached hydrogen (secondary N) is 2. The number of urea groups is 1. The zero-order valence-corrected chi connectivity index (χ0v) is 20.8. The highest BCUT2D eigenvalue weighted by Gasteiger charge is 2.33. The Bertz CT molecular complexity index is 1250. The number of hydrogen-bond donors (Lipinski definition) is 2. The molecule has 2 heterocycles. The molecule has 2 N–H and O–H groups in total. The Morgan fingerprint density at radius 1 is 1.14 bits per heavy atom. The fourth-order valence-electron chi connectivity index (χ4n) is 4.37. The summed E-state index contributed by atoms with van der Waals surface area (Å²) in [5.41, 5.74) is 1.77. The summed E-state index contributed by atoms with van der Waals surface area (Å²) in [7, 11) is -2.70. The number of benzene rings is 2. The van der Waals surface area contributed by atoms with Gasteiger partial charge in [-0.25, -0.2) is 18.2 Å². The van der Waals surface area contributed by atoms with Crippen molar-refractivity contribution in [2.45, 2.75) is 38.3 Å². The van der Waals surface area contributed by atoms with Gasteiger partial charge in [-0.3, -0.25) is 9.69 Å². The Labute approximate surface area is 209 Å². The van der Waals surface area contributed by atoms with Gasteiger partial charge in [-0.2, -0.15) is 0 Å². The van der Waals surface area contributed by atoms with Crippen molar-refractivity contribution in [1.29, 1.82) is 0 Å². The first kappa shape index (κ1) is 25.6. The molecule has 2 aromatic carbocycles. The predicted octanol–water partition coefficient (Wildman–Crippen LogP) is 3.54. The number of nitrogens with zero attached hydrogens (tertiary/aromatic N) is 2. The summed E-state index contributed by atoms with van der Waals surface area (Å²) in [6.45, 7) is 2.07. The Morgan fingerprint density at radius 3 is 2.53 bits per heavy atom. The van der Waals surface area contributed by atoms with Crippen molar-refractivity contribution < 1.29 is 27.7 Å². The van der Waals surface area contributed by atoms with Crippen LogP contribution in [0, 0.1) is 5.82 Å². The van der Waals surface area contributed by atoms with E-state index < -0.39 is 33.8 Å². The maximum Gasteiger partial charge on any atom is 0.414 e. The third-order valence-electron chi connectivity index (χ3n) is 6.29. The van der Waals surface area contributed by atoms with E-state index in [0.717, 1.165) is 5.56 Å². The molecular formula is C25H29FN4O5S. The number of hydrogen-bond acceptors (Lipinski definition) is 5. The Kier molecular flexibility index (Phi) is 7.88. The van der Waals surface area contributed by atoms with Gasteiger partial charge in [0.05, 0.1) is 28.5 Å². The van der Waals surface area contributed by atoms with Crippen LogP contribution >= 0.6 is 0 Å². The molecular weight excluding hydrogens is 487 g/mol. The number of ether oxygens (including phenoxy) is 1. The second-order valence-corrected chi connectivity index (χ2v) is 11.5. The molecule has 0 bridgehead atoms.